The van der Waals surface area contributed by atoms with Crippen molar-refractivity contribution in [2.75, 3.05) is 5.32 Å². The number of hydrogen-bond acceptors (Lipinski definition) is 2. The molecule has 1 amide bonds. The summed E-state index contributed by atoms with van der Waals surface area (Å²) in [6.07, 6.45) is 2.17. The molecule has 0 aliphatic heterocycles. The van der Waals surface area contributed by atoms with Crippen LogP contribution in [-0.2, 0) is 9.59 Å². The van der Waals surface area contributed by atoms with E-state index in [9.17, 15) is 9.59 Å². The van der Waals surface area contributed by atoms with Crippen molar-refractivity contribution < 1.29 is 9.59 Å². The molecule has 3 nitrogen and oxygen atoms in total. The van der Waals surface area contributed by atoms with Crippen molar-refractivity contribution in [3.05, 3.63) is 28.2 Å². The first-order chi connectivity index (χ1) is 9.79. The van der Waals surface area contributed by atoms with Gasteiger partial charge in [0.15, 0.2) is 5.78 Å². The van der Waals surface area contributed by atoms with Gasteiger partial charge >= 0.3 is 0 Å². The van der Waals surface area contributed by atoms with Gasteiger partial charge in [-0.25, -0.2) is 0 Å². The largest absolute Gasteiger partial charge is 0.323 e. The number of rotatable bonds is 2. The second-order valence-corrected chi connectivity index (χ2v) is 7.44. The van der Waals surface area contributed by atoms with Gasteiger partial charge in [0.2, 0.25) is 5.91 Å². The van der Waals surface area contributed by atoms with Crippen molar-refractivity contribution in [3.63, 3.8) is 0 Å². The Labute approximate surface area is 134 Å². The molecule has 2 saturated carbocycles. The maximum absolute atomic E-state index is 12.7. The molecule has 0 radical (unpaired) electrons. The van der Waals surface area contributed by atoms with Gasteiger partial charge in [-0.15, -0.1) is 0 Å². The number of para-hydroxylation sites is 1. The van der Waals surface area contributed by atoms with E-state index in [0.29, 0.717) is 28.6 Å². The van der Waals surface area contributed by atoms with E-state index in [0.717, 1.165) is 6.42 Å². The zero-order valence-electron chi connectivity index (χ0n) is 12.0. The molecule has 3 rings (SSSR count). The lowest BCUT2D eigenvalue weighted by atomic mass is 9.70. The van der Waals surface area contributed by atoms with Crippen LogP contribution in [0.3, 0.4) is 0 Å². The summed E-state index contributed by atoms with van der Waals surface area (Å²) in [4.78, 5) is 25.4. The van der Waals surface area contributed by atoms with Crippen LogP contribution in [0.25, 0.3) is 0 Å². The number of Topliss-reactive ketones (excluding diaryl/α,β-unsaturated/α-hetero) is 1. The topological polar surface area (TPSA) is 46.2 Å². The minimum Gasteiger partial charge on any atom is -0.323 e. The highest BCUT2D eigenvalue weighted by Crippen LogP contribution is 2.60. The van der Waals surface area contributed by atoms with Crippen LogP contribution in [0.1, 0.15) is 33.1 Å². The first-order valence-corrected chi connectivity index (χ1v) is 7.85. The van der Waals surface area contributed by atoms with Crippen molar-refractivity contribution in [1.29, 1.82) is 0 Å². The van der Waals surface area contributed by atoms with Crippen LogP contribution in [0.5, 0.6) is 0 Å². The smallest absolute Gasteiger partial charge is 0.238 e. The Kier molecular flexibility index (Phi) is 3.34. The number of anilines is 1. The molecule has 2 atom stereocenters. The molecule has 1 N–H and O–H groups in total. The summed E-state index contributed by atoms with van der Waals surface area (Å²) in [5.41, 5.74) is -0.933. The molecule has 2 aliphatic rings. The van der Waals surface area contributed by atoms with Gasteiger partial charge in [-0.05, 0) is 37.3 Å². The number of halogens is 2. The zero-order chi connectivity index (χ0) is 15.4. The molecule has 21 heavy (non-hydrogen) atoms. The fourth-order valence-electron chi connectivity index (χ4n) is 3.83. The maximum atomic E-state index is 12.7. The Bertz CT molecular complexity index is 621. The molecule has 0 heterocycles. The third-order valence-electron chi connectivity index (χ3n) is 5.19. The molecule has 112 valence electrons. The number of ketones is 1. The average molecular weight is 326 g/mol. The Morgan fingerprint density at radius 2 is 1.90 bits per heavy atom. The van der Waals surface area contributed by atoms with E-state index in [2.05, 4.69) is 5.32 Å². The summed E-state index contributed by atoms with van der Waals surface area (Å²) in [5, 5.41) is 3.55. The Morgan fingerprint density at radius 1 is 1.29 bits per heavy atom. The van der Waals surface area contributed by atoms with Gasteiger partial charge in [0.05, 0.1) is 15.7 Å². The van der Waals surface area contributed by atoms with Gasteiger partial charge < -0.3 is 5.32 Å². The van der Waals surface area contributed by atoms with Gasteiger partial charge in [-0.1, -0.05) is 43.1 Å². The Morgan fingerprint density at radius 3 is 2.43 bits per heavy atom. The molecule has 0 spiro atoms. The van der Waals surface area contributed by atoms with Crippen LogP contribution >= 0.6 is 23.2 Å². The number of amides is 1. The first kappa shape index (κ1) is 14.9. The summed E-state index contributed by atoms with van der Waals surface area (Å²) in [6, 6.07) is 5.05. The fraction of sp³-hybridized carbons (Fsp3) is 0.500. The van der Waals surface area contributed by atoms with E-state index >= 15 is 0 Å². The summed E-state index contributed by atoms with van der Waals surface area (Å²) in [5.74, 6) is 0.0694. The van der Waals surface area contributed by atoms with Crippen LogP contribution in [0.4, 0.5) is 5.69 Å². The van der Waals surface area contributed by atoms with E-state index in [1.807, 2.05) is 13.8 Å². The van der Waals surface area contributed by atoms with Crippen LogP contribution in [0.2, 0.25) is 10.0 Å². The van der Waals surface area contributed by atoms with Crippen molar-refractivity contribution >= 4 is 40.6 Å². The van der Waals surface area contributed by atoms with Gasteiger partial charge in [0.25, 0.3) is 0 Å². The SMILES string of the molecule is CC1(C)C(=O)C2(C(=O)Nc3c(Cl)cccc3Cl)CCC1C2. The highest BCUT2D eigenvalue weighted by Gasteiger charge is 2.65. The number of nitrogens with one attached hydrogen (secondary N) is 1. The predicted octanol–water partition coefficient (Wildman–Crippen LogP) is 4.33. The highest BCUT2D eigenvalue weighted by molar-refractivity contribution is 6.40. The average Bonchev–Trinajstić information content (AvgIpc) is 2.94. The van der Waals surface area contributed by atoms with E-state index < -0.39 is 10.8 Å². The third kappa shape index (κ3) is 2.01. The highest BCUT2D eigenvalue weighted by atomic mass is 35.5. The van der Waals surface area contributed by atoms with Crippen LogP contribution < -0.4 is 5.32 Å². The minimum atomic E-state index is -0.906. The Balaban J connectivity index is 1.92. The lowest BCUT2D eigenvalue weighted by Crippen LogP contribution is -2.44. The maximum Gasteiger partial charge on any atom is 0.238 e. The van der Waals surface area contributed by atoms with E-state index in [1.54, 1.807) is 18.2 Å². The second kappa shape index (κ2) is 4.72. The number of hydrogen-bond donors (Lipinski definition) is 1. The predicted molar refractivity (Wildman–Crippen MR) is 83.7 cm³/mol. The fourth-order valence-corrected chi connectivity index (χ4v) is 4.32. The summed E-state index contributed by atoms with van der Waals surface area (Å²) in [7, 11) is 0. The summed E-state index contributed by atoms with van der Waals surface area (Å²) < 4.78 is 0. The van der Waals surface area contributed by atoms with Crippen LogP contribution in [0.15, 0.2) is 18.2 Å². The van der Waals surface area contributed by atoms with E-state index in [1.165, 1.54) is 0 Å². The first-order valence-electron chi connectivity index (χ1n) is 7.09. The second-order valence-electron chi connectivity index (χ2n) is 6.62. The number of benzene rings is 1. The van der Waals surface area contributed by atoms with E-state index in [-0.39, 0.29) is 17.6 Å². The van der Waals surface area contributed by atoms with Gasteiger partial charge in [0.1, 0.15) is 5.41 Å². The van der Waals surface area contributed by atoms with Crippen molar-refractivity contribution in [2.45, 2.75) is 33.1 Å². The monoisotopic (exact) mass is 325 g/mol. The van der Waals surface area contributed by atoms with Crippen LogP contribution in [0, 0.1) is 16.7 Å². The quantitative estimate of drug-likeness (QED) is 0.823. The third-order valence-corrected chi connectivity index (χ3v) is 5.82. The summed E-state index contributed by atoms with van der Waals surface area (Å²) in [6.45, 7) is 3.88. The molecular weight excluding hydrogens is 309 g/mol. The van der Waals surface area contributed by atoms with Gasteiger partial charge in [-0.2, -0.15) is 0 Å². The standard InChI is InChI=1S/C16H17Cl2NO2/c1-15(2)9-6-7-16(8-9,13(15)20)14(21)19-12-10(17)4-3-5-11(12)18/h3-5,9H,6-8H2,1-2H3,(H,19,21). The van der Waals surface area contributed by atoms with Crippen molar-refractivity contribution in [3.8, 4) is 0 Å². The van der Waals surface area contributed by atoms with Crippen molar-refractivity contribution in [1.82, 2.24) is 0 Å². The molecule has 0 saturated heterocycles. The van der Waals surface area contributed by atoms with E-state index in [4.69, 9.17) is 23.2 Å². The molecular formula is C16H17Cl2NO2. The van der Waals surface area contributed by atoms with Gasteiger partial charge in [0, 0.05) is 5.41 Å². The lowest BCUT2D eigenvalue weighted by molar-refractivity contribution is -0.142. The van der Waals surface area contributed by atoms with Crippen LogP contribution in [-0.4, -0.2) is 11.7 Å². The zero-order valence-corrected chi connectivity index (χ0v) is 13.5. The number of fused-ring (bicyclic) bond motifs is 2. The molecule has 2 unspecified atom stereocenters. The van der Waals surface area contributed by atoms with Crippen molar-refractivity contribution in [2.24, 2.45) is 16.7 Å². The van der Waals surface area contributed by atoms with Gasteiger partial charge in [-0.3, -0.25) is 9.59 Å². The molecule has 0 aromatic heterocycles. The molecule has 2 aliphatic carbocycles. The molecule has 5 heteroatoms. The minimum absolute atomic E-state index is 0.0481. The Hall–Kier alpha value is -1.06. The summed E-state index contributed by atoms with van der Waals surface area (Å²) >= 11 is 12.2. The molecule has 2 bridgehead atoms. The molecule has 1 aromatic carbocycles. The lowest BCUT2D eigenvalue weighted by Gasteiger charge is -2.32. The number of carbonyl (C=O) groups excluding carboxylic acids is 2. The molecule has 2 fully saturated rings. The normalized spacial score (nSPS) is 29.7. The number of carbonyl (C=O) groups is 2. The molecule has 1 aromatic rings.